The van der Waals surface area contributed by atoms with E-state index in [2.05, 4.69) is 20.0 Å². The molecule has 1 atom stereocenters. The van der Waals surface area contributed by atoms with Gasteiger partial charge in [0, 0.05) is 72.5 Å². The predicted octanol–water partition coefficient (Wildman–Crippen LogP) is 2.64. The first-order valence-electron chi connectivity index (χ1n) is 13.9. The number of nitrogens with one attached hydrogen (secondary N) is 2. The van der Waals surface area contributed by atoms with Crippen LogP contribution in [0.2, 0.25) is 0 Å². The summed E-state index contributed by atoms with van der Waals surface area (Å²) in [7, 11) is -8.52. The predicted molar refractivity (Wildman–Crippen MR) is 164 cm³/mol. The molecule has 13 heteroatoms. The molecule has 1 aliphatic rings. The minimum atomic E-state index is -4.27. The van der Waals surface area contributed by atoms with E-state index in [1.807, 2.05) is 0 Å². The van der Waals surface area contributed by atoms with Gasteiger partial charge in [0.25, 0.3) is 0 Å². The maximum absolute atomic E-state index is 14.1. The molecule has 3 aromatic carbocycles. The van der Waals surface area contributed by atoms with E-state index >= 15 is 0 Å². The fourth-order valence-electron chi connectivity index (χ4n) is 5.49. The summed E-state index contributed by atoms with van der Waals surface area (Å²) in [5.74, 6) is -0.770. The summed E-state index contributed by atoms with van der Waals surface area (Å²) >= 11 is 0. The number of phenols is 1. The molecule has 0 aliphatic carbocycles. The topological polar surface area (TPSA) is 159 Å². The van der Waals surface area contributed by atoms with E-state index in [1.54, 1.807) is 53.7 Å². The standard InChI is InChI=1S/C31H29N5O6S2/c37-24-8-7-21(30(18-24)43(39,40)28-5-1-3-22-19-33-11-9-25(22)28)17-27(31(38)36-15-13-32-14-16-36)35-44(41,42)29-6-2-4-23-20-34-12-10-26(23)29/h1-12,18-20,27,32,35,37H,13-17H2/t27-/m0/s1. The van der Waals surface area contributed by atoms with Crippen molar-refractivity contribution in [2.75, 3.05) is 26.2 Å². The highest BCUT2D eigenvalue weighted by Crippen LogP contribution is 2.33. The van der Waals surface area contributed by atoms with Crippen LogP contribution in [0.1, 0.15) is 5.56 Å². The lowest BCUT2D eigenvalue weighted by Gasteiger charge is -2.31. The molecule has 11 nitrogen and oxygen atoms in total. The molecule has 1 aliphatic heterocycles. The Balaban J connectivity index is 1.43. The summed E-state index contributed by atoms with van der Waals surface area (Å²) in [6.45, 7) is 1.80. The SMILES string of the molecule is O=C([C@H](Cc1ccc(O)cc1S(=O)(=O)c1cccc2cnccc12)NS(=O)(=O)c1cccc2cnccc12)N1CCNCC1. The Bertz CT molecular complexity index is 2090. The number of aromatic nitrogens is 2. The summed E-state index contributed by atoms with van der Waals surface area (Å²) < 4.78 is 58.6. The zero-order valence-electron chi connectivity index (χ0n) is 23.4. The monoisotopic (exact) mass is 631 g/mol. The van der Waals surface area contributed by atoms with E-state index in [4.69, 9.17) is 0 Å². The Morgan fingerprint density at radius 1 is 0.841 bits per heavy atom. The molecule has 226 valence electrons. The second kappa shape index (κ2) is 11.9. The number of carbonyl (C=O) groups excluding carboxylic acids is 1. The maximum Gasteiger partial charge on any atom is 0.241 e. The molecule has 6 rings (SSSR count). The molecule has 3 heterocycles. The van der Waals surface area contributed by atoms with Crippen molar-refractivity contribution in [2.45, 2.75) is 27.1 Å². The summed E-state index contributed by atoms with van der Waals surface area (Å²) in [5.41, 5.74) is 0.173. The highest BCUT2D eigenvalue weighted by molar-refractivity contribution is 7.91. The molecule has 44 heavy (non-hydrogen) atoms. The van der Waals surface area contributed by atoms with Crippen LogP contribution in [0.4, 0.5) is 0 Å². The van der Waals surface area contributed by atoms with Gasteiger partial charge in [-0.05, 0) is 48.4 Å². The Labute approximate surface area is 254 Å². The number of hydrogen-bond acceptors (Lipinski definition) is 9. The van der Waals surface area contributed by atoms with Gasteiger partial charge in [0.2, 0.25) is 25.8 Å². The molecule has 0 saturated carbocycles. The summed E-state index contributed by atoms with van der Waals surface area (Å²) in [4.78, 5) is 23.3. The number of fused-ring (bicyclic) bond motifs is 2. The van der Waals surface area contributed by atoms with Gasteiger partial charge in [0.1, 0.15) is 11.8 Å². The zero-order valence-corrected chi connectivity index (χ0v) is 25.1. The second-order valence-corrected chi connectivity index (χ2v) is 14.0. The van der Waals surface area contributed by atoms with Crippen LogP contribution in [0.5, 0.6) is 5.75 Å². The smallest absolute Gasteiger partial charge is 0.241 e. The average molecular weight is 632 g/mol. The third-order valence-corrected chi connectivity index (χ3v) is 11.1. The first-order chi connectivity index (χ1) is 21.1. The fraction of sp³-hybridized carbons (Fsp3) is 0.194. The van der Waals surface area contributed by atoms with Gasteiger partial charge < -0.3 is 15.3 Å². The van der Waals surface area contributed by atoms with Crippen molar-refractivity contribution >= 4 is 47.3 Å². The normalized spacial score (nSPS) is 15.0. The van der Waals surface area contributed by atoms with Crippen molar-refractivity contribution in [3.63, 3.8) is 0 Å². The number of sulfone groups is 1. The van der Waals surface area contributed by atoms with Gasteiger partial charge in [0.05, 0.1) is 14.7 Å². The van der Waals surface area contributed by atoms with Crippen LogP contribution in [-0.2, 0) is 31.1 Å². The van der Waals surface area contributed by atoms with Gasteiger partial charge in [0.15, 0.2) is 0 Å². The van der Waals surface area contributed by atoms with Crippen LogP contribution in [0.25, 0.3) is 21.5 Å². The minimum absolute atomic E-state index is 0.000762. The number of sulfonamides is 1. The molecular weight excluding hydrogens is 603 g/mol. The van der Waals surface area contributed by atoms with E-state index in [0.29, 0.717) is 47.7 Å². The lowest BCUT2D eigenvalue weighted by atomic mass is 10.0. The second-order valence-electron chi connectivity index (χ2n) is 10.5. The lowest BCUT2D eigenvalue weighted by Crippen LogP contribution is -2.54. The van der Waals surface area contributed by atoms with Gasteiger partial charge in [-0.15, -0.1) is 0 Å². The first kappa shape index (κ1) is 29.6. The summed E-state index contributed by atoms with van der Waals surface area (Å²) in [6, 6.07) is 15.3. The third-order valence-electron chi connectivity index (χ3n) is 7.65. The van der Waals surface area contributed by atoms with Crippen molar-refractivity contribution in [1.29, 1.82) is 0 Å². The number of benzene rings is 3. The molecule has 1 amide bonds. The molecule has 0 unspecified atom stereocenters. The zero-order chi connectivity index (χ0) is 30.9. The number of rotatable bonds is 8. The molecule has 0 spiro atoms. The van der Waals surface area contributed by atoms with Crippen LogP contribution in [-0.4, -0.2) is 74.9 Å². The maximum atomic E-state index is 14.1. The van der Waals surface area contributed by atoms with Crippen molar-refractivity contribution in [2.24, 2.45) is 0 Å². The number of pyridine rings is 2. The Kier molecular flexibility index (Phi) is 8.03. The number of aromatic hydroxyl groups is 1. The minimum Gasteiger partial charge on any atom is -0.508 e. The van der Waals surface area contributed by atoms with Crippen molar-refractivity contribution in [3.8, 4) is 5.75 Å². The fourth-order valence-corrected chi connectivity index (χ4v) is 8.65. The van der Waals surface area contributed by atoms with E-state index < -0.39 is 31.8 Å². The number of nitrogens with zero attached hydrogens (tertiary/aromatic N) is 3. The van der Waals surface area contributed by atoms with Gasteiger partial charge in [-0.3, -0.25) is 14.8 Å². The number of piperazine rings is 1. The summed E-state index contributed by atoms with van der Waals surface area (Å²) in [6.07, 6.45) is 5.80. The van der Waals surface area contributed by atoms with Gasteiger partial charge in [-0.2, -0.15) is 4.72 Å². The molecular formula is C31H29N5O6S2. The molecule has 5 aromatic rings. The van der Waals surface area contributed by atoms with E-state index in [1.165, 1.54) is 36.7 Å². The van der Waals surface area contributed by atoms with Crippen LogP contribution >= 0.6 is 0 Å². The number of hydrogen-bond donors (Lipinski definition) is 3. The number of amides is 1. The van der Waals surface area contributed by atoms with E-state index in [-0.39, 0.29) is 32.4 Å². The quantitative estimate of drug-likeness (QED) is 0.234. The highest BCUT2D eigenvalue weighted by atomic mass is 32.2. The first-order valence-corrected chi connectivity index (χ1v) is 16.9. The van der Waals surface area contributed by atoms with Gasteiger partial charge >= 0.3 is 0 Å². The molecule has 0 radical (unpaired) electrons. The van der Waals surface area contributed by atoms with Crippen molar-refractivity contribution < 1.29 is 26.7 Å². The van der Waals surface area contributed by atoms with Crippen LogP contribution in [0, 0.1) is 0 Å². The molecule has 0 bridgehead atoms. The molecule has 3 N–H and O–H groups in total. The molecule has 1 saturated heterocycles. The third kappa shape index (κ3) is 5.74. The number of carbonyl (C=O) groups is 1. The van der Waals surface area contributed by atoms with Crippen molar-refractivity contribution in [3.05, 3.63) is 97.1 Å². The van der Waals surface area contributed by atoms with E-state index in [0.717, 1.165) is 6.07 Å². The molecule has 1 fully saturated rings. The van der Waals surface area contributed by atoms with Gasteiger partial charge in [-0.25, -0.2) is 16.8 Å². The van der Waals surface area contributed by atoms with Crippen molar-refractivity contribution in [1.82, 2.24) is 24.9 Å². The van der Waals surface area contributed by atoms with Crippen LogP contribution in [0.15, 0.2) is 106 Å². The van der Waals surface area contributed by atoms with Crippen LogP contribution < -0.4 is 10.0 Å². The largest absolute Gasteiger partial charge is 0.508 e. The highest BCUT2D eigenvalue weighted by Gasteiger charge is 2.33. The van der Waals surface area contributed by atoms with Gasteiger partial charge in [-0.1, -0.05) is 30.3 Å². The van der Waals surface area contributed by atoms with Crippen LogP contribution in [0.3, 0.4) is 0 Å². The average Bonchev–Trinajstić information content (AvgIpc) is 3.04. The van der Waals surface area contributed by atoms with E-state index in [9.17, 15) is 26.7 Å². The molecule has 2 aromatic heterocycles. The lowest BCUT2D eigenvalue weighted by molar-refractivity contribution is -0.133. The Morgan fingerprint density at radius 2 is 1.45 bits per heavy atom. The summed E-state index contributed by atoms with van der Waals surface area (Å²) in [5, 5.41) is 15.6. The Morgan fingerprint density at radius 3 is 2.11 bits per heavy atom. The Hall–Kier alpha value is -4.43. The number of phenolic OH excluding ortho intramolecular Hbond substituents is 1.